The molecule has 1 heterocycles. The number of carbonyl (C=O) groups excluding carboxylic acids is 1. The Hall–Kier alpha value is -4.89. The number of amides is 1. The molecule has 0 fully saturated rings. The van der Waals surface area contributed by atoms with Crippen LogP contribution < -0.4 is 10.6 Å². The maximum atomic E-state index is 12.6. The smallest absolute Gasteiger partial charge is 0.273 e. The van der Waals surface area contributed by atoms with E-state index in [9.17, 15) is 14.9 Å². The second-order valence-corrected chi connectivity index (χ2v) is 8.67. The van der Waals surface area contributed by atoms with Gasteiger partial charge in [-0.05, 0) is 66.7 Å². The zero-order chi connectivity index (χ0) is 25.9. The third-order valence-corrected chi connectivity index (χ3v) is 6.06. The number of nitrogens with zero attached hydrogens (tertiary/aromatic N) is 2. The van der Waals surface area contributed by atoms with E-state index in [-0.39, 0.29) is 21.9 Å². The molecule has 0 spiro atoms. The Morgan fingerprint density at radius 3 is 2.35 bits per heavy atom. The molecule has 5 rings (SSSR count). The van der Waals surface area contributed by atoms with Crippen LogP contribution in [0.25, 0.3) is 33.7 Å². The molecule has 0 radical (unpaired) electrons. The molecule has 0 saturated heterocycles. The van der Waals surface area contributed by atoms with Gasteiger partial charge in [0.2, 0.25) is 5.89 Å². The van der Waals surface area contributed by atoms with Crippen LogP contribution in [-0.2, 0) is 0 Å². The van der Waals surface area contributed by atoms with Gasteiger partial charge in [0, 0.05) is 28.4 Å². The summed E-state index contributed by atoms with van der Waals surface area (Å²) in [4.78, 5) is 27.9. The molecule has 4 aromatic carbocycles. The van der Waals surface area contributed by atoms with Crippen LogP contribution in [0.15, 0.2) is 95.4 Å². The second kappa shape index (κ2) is 10.00. The van der Waals surface area contributed by atoms with Crippen LogP contribution in [0.5, 0.6) is 0 Å². The Morgan fingerprint density at radius 2 is 1.62 bits per heavy atom. The topological polar surface area (TPSA) is 110 Å². The summed E-state index contributed by atoms with van der Waals surface area (Å²) in [5.74, 6) is -0.0498. The van der Waals surface area contributed by atoms with E-state index in [0.717, 1.165) is 16.7 Å². The lowest BCUT2D eigenvalue weighted by Gasteiger charge is -2.11. The number of hydrogen-bond donors (Lipinski definition) is 2. The molecule has 1 amide bonds. The Balaban J connectivity index is 1.29. The van der Waals surface area contributed by atoms with E-state index in [0.29, 0.717) is 22.7 Å². The maximum Gasteiger partial charge on any atom is 0.273 e. The summed E-state index contributed by atoms with van der Waals surface area (Å²) in [6, 6.07) is 27.7. The molecular formula is C28H20N4O4S. The van der Waals surface area contributed by atoms with E-state index in [4.69, 9.17) is 16.6 Å². The summed E-state index contributed by atoms with van der Waals surface area (Å²) in [5, 5.41) is 16.7. The molecule has 182 valence electrons. The fraction of sp³-hybridized carbons (Fsp3) is 0.0357. The average molecular weight is 509 g/mol. The number of thiocarbonyl (C=S) groups is 1. The Morgan fingerprint density at radius 1 is 0.919 bits per heavy atom. The molecular weight excluding hydrogens is 488 g/mol. The summed E-state index contributed by atoms with van der Waals surface area (Å²) >= 11 is 5.28. The number of anilines is 1. The lowest BCUT2D eigenvalue weighted by molar-refractivity contribution is -0.385. The van der Waals surface area contributed by atoms with Gasteiger partial charge in [0.25, 0.3) is 11.6 Å². The highest BCUT2D eigenvalue weighted by molar-refractivity contribution is 7.80. The van der Waals surface area contributed by atoms with Crippen molar-refractivity contribution in [2.75, 3.05) is 5.32 Å². The van der Waals surface area contributed by atoms with Gasteiger partial charge in [-0.15, -0.1) is 0 Å². The summed E-state index contributed by atoms with van der Waals surface area (Å²) in [5.41, 5.74) is 5.22. The number of hydrogen-bond acceptors (Lipinski definition) is 6. The first kappa shape index (κ1) is 23.8. The van der Waals surface area contributed by atoms with Crippen molar-refractivity contribution >= 4 is 45.7 Å². The van der Waals surface area contributed by atoms with Crippen molar-refractivity contribution in [1.82, 2.24) is 10.3 Å². The molecule has 0 saturated carbocycles. The van der Waals surface area contributed by atoms with E-state index in [1.807, 2.05) is 42.5 Å². The quantitative estimate of drug-likeness (QED) is 0.158. The van der Waals surface area contributed by atoms with Gasteiger partial charge in [-0.3, -0.25) is 20.2 Å². The first-order chi connectivity index (χ1) is 17.9. The molecule has 2 N–H and O–H groups in total. The van der Waals surface area contributed by atoms with Gasteiger partial charge in [-0.1, -0.05) is 48.5 Å². The number of nitrogens with one attached hydrogen (secondary N) is 2. The minimum absolute atomic E-state index is 0.0514. The van der Waals surface area contributed by atoms with Crippen molar-refractivity contribution in [3.8, 4) is 22.6 Å². The fourth-order valence-electron chi connectivity index (χ4n) is 3.96. The summed E-state index contributed by atoms with van der Waals surface area (Å²) in [7, 11) is 0. The standard InChI is InChI=1S/C28H20N4O4S/c1-17-22(8-5-9-24(17)32(34)35)26(33)31-28(37)29-21-14-15-25-23(16-21)30-27(36-25)20-12-10-19(11-13-20)18-6-3-2-4-7-18/h2-16H,1H3,(H2,29,31,33,37). The van der Waals surface area contributed by atoms with E-state index in [1.165, 1.54) is 25.1 Å². The summed E-state index contributed by atoms with van der Waals surface area (Å²) in [6.45, 7) is 1.52. The predicted molar refractivity (Wildman–Crippen MR) is 146 cm³/mol. The summed E-state index contributed by atoms with van der Waals surface area (Å²) in [6.07, 6.45) is 0. The minimum Gasteiger partial charge on any atom is -0.436 e. The molecule has 0 unspecified atom stereocenters. The van der Waals surface area contributed by atoms with Gasteiger partial charge in [0.05, 0.1) is 4.92 Å². The normalized spacial score (nSPS) is 10.7. The molecule has 0 aliphatic carbocycles. The molecule has 0 aliphatic heterocycles. The molecule has 1 aromatic heterocycles. The van der Waals surface area contributed by atoms with Crippen molar-refractivity contribution in [2.45, 2.75) is 6.92 Å². The van der Waals surface area contributed by atoms with Crippen LogP contribution in [0.2, 0.25) is 0 Å². The first-order valence-corrected chi connectivity index (χ1v) is 11.7. The van der Waals surface area contributed by atoms with Crippen molar-refractivity contribution < 1.29 is 14.1 Å². The van der Waals surface area contributed by atoms with Crippen LogP contribution >= 0.6 is 12.2 Å². The molecule has 5 aromatic rings. The van der Waals surface area contributed by atoms with Crippen LogP contribution in [-0.4, -0.2) is 20.9 Å². The zero-order valence-electron chi connectivity index (χ0n) is 19.6. The maximum absolute atomic E-state index is 12.6. The zero-order valence-corrected chi connectivity index (χ0v) is 20.4. The monoisotopic (exact) mass is 508 g/mol. The van der Waals surface area contributed by atoms with Gasteiger partial charge in [0.15, 0.2) is 10.7 Å². The SMILES string of the molecule is Cc1c(C(=O)NC(=S)Nc2ccc3oc(-c4ccc(-c5ccccc5)cc4)nc3c2)cccc1[N+](=O)[O-]. The molecule has 37 heavy (non-hydrogen) atoms. The van der Waals surface area contributed by atoms with Crippen molar-refractivity contribution in [3.63, 3.8) is 0 Å². The van der Waals surface area contributed by atoms with E-state index in [2.05, 4.69) is 27.8 Å². The van der Waals surface area contributed by atoms with Crippen LogP contribution in [0.3, 0.4) is 0 Å². The average Bonchev–Trinajstić information content (AvgIpc) is 3.32. The van der Waals surface area contributed by atoms with Gasteiger partial charge >= 0.3 is 0 Å². The lowest BCUT2D eigenvalue weighted by Crippen LogP contribution is -2.34. The van der Waals surface area contributed by atoms with Crippen LogP contribution in [0, 0.1) is 17.0 Å². The van der Waals surface area contributed by atoms with Crippen LogP contribution in [0.1, 0.15) is 15.9 Å². The Labute approximate surface area is 217 Å². The largest absolute Gasteiger partial charge is 0.436 e. The highest BCUT2D eigenvalue weighted by Crippen LogP contribution is 2.28. The number of fused-ring (bicyclic) bond motifs is 1. The first-order valence-electron chi connectivity index (χ1n) is 11.3. The number of aromatic nitrogens is 1. The third kappa shape index (κ3) is 5.07. The number of oxazole rings is 1. The molecule has 0 bridgehead atoms. The van der Waals surface area contributed by atoms with Gasteiger partial charge in [-0.25, -0.2) is 4.98 Å². The third-order valence-electron chi connectivity index (χ3n) is 5.86. The van der Waals surface area contributed by atoms with E-state index < -0.39 is 10.8 Å². The van der Waals surface area contributed by atoms with Crippen molar-refractivity contribution in [3.05, 3.63) is 112 Å². The fourth-order valence-corrected chi connectivity index (χ4v) is 4.18. The minimum atomic E-state index is -0.539. The molecule has 9 heteroatoms. The lowest BCUT2D eigenvalue weighted by atomic mass is 10.0. The highest BCUT2D eigenvalue weighted by Gasteiger charge is 2.19. The van der Waals surface area contributed by atoms with Gasteiger partial charge in [0.1, 0.15) is 5.52 Å². The van der Waals surface area contributed by atoms with Crippen LogP contribution in [0.4, 0.5) is 11.4 Å². The number of benzene rings is 4. The van der Waals surface area contributed by atoms with Gasteiger partial charge < -0.3 is 9.73 Å². The number of nitro groups is 1. The highest BCUT2D eigenvalue weighted by atomic mass is 32.1. The van der Waals surface area contributed by atoms with Gasteiger partial charge in [-0.2, -0.15) is 0 Å². The predicted octanol–water partition coefficient (Wildman–Crippen LogP) is 6.51. The number of nitro benzene ring substituents is 1. The van der Waals surface area contributed by atoms with E-state index in [1.54, 1.807) is 18.2 Å². The number of carbonyl (C=O) groups is 1. The molecule has 0 atom stereocenters. The summed E-state index contributed by atoms with van der Waals surface area (Å²) < 4.78 is 5.93. The van der Waals surface area contributed by atoms with E-state index >= 15 is 0 Å². The number of rotatable bonds is 5. The van der Waals surface area contributed by atoms with Crippen molar-refractivity contribution in [1.29, 1.82) is 0 Å². The Bertz CT molecular complexity index is 1650. The Kier molecular flexibility index (Phi) is 6.44. The molecule has 8 nitrogen and oxygen atoms in total. The molecule has 0 aliphatic rings. The van der Waals surface area contributed by atoms with Crippen molar-refractivity contribution in [2.24, 2.45) is 0 Å². The second-order valence-electron chi connectivity index (χ2n) is 8.26.